The number of benzene rings is 2. The summed E-state index contributed by atoms with van der Waals surface area (Å²) in [7, 11) is 1.65. The summed E-state index contributed by atoms with van der Waals surface area (Å²) in [5.74, 6) is 2.39. The minimum atomic E-state index is -0.581. The summed E-state index contributed by atoms with van der Waals surface area (Å²) in [6, 6.07) is 15.6. The normalized spacial score (nSPS) is 12.3. The second kappa shape index (κ2) is 8.03. The number of aryl methyl sites for hydroxylation is 1. The Morgan fingerprint density at radius 2 is 1.76 bits per heavy atom. The number of hydrogen-bond donors (Lipinski definition) is 1. The molecule has 1 aromatic heterocycles. The summed E-state index contributed by atoms with van der Waals surface area (Å²) in [5, 5.41) is 9.98. The molecule has 0 bridgehead atoms. The number of para-hydroxylation sites is 2. The van der Waals surface area contributed by atoms with Gasteiger partial charge in [0, 0.05) is 6.54 Å². The molecule has 0 saturated heterocycles. The lowest BCUT2D eigenvalue weighted by Gasteiger charge is -2.11. The summed E-state index contributed by atoms with van der Waals surface area (Å²) in [6.45, 7) is 3.22. The van der Waals surface area contributed by atoms with Gasteiger partial charge in [0.05, 0.1) is 24.8 Å². The molecule has 0 unspecified atom stereocenters. The van der Waals surface area contributed by atoms with Gasteiger partial charge in [0.2, 0.25) is 0 Å². The van der Waals surface area contributed by atoms with Crippen molar-refractivity contribution in [1.29, 1.82) is 0 Å². The zero-order valence-corrected chi connectivity index (χ0v) is 14.7. The summed E-state index contributed by atoms with van der Waals surface area (Å²) >= 11 is 0. The molecule has 5 heteroatoms. The number of nitrogens with zero attached hydrogens (tertiary/aromatic N) is 2. The molecule has 5 nitrogen and oxygen atoms in total. The third-order valence-corrected chi connectivity index (χ3v) is 4.16. The van der Waals surface area contributed by atoms with Gasteiger partial charge in [0.25, 0.3) is 0 Å². The Hall–Kier alpha value is -2.53. The fraction of sp³-hybridized carbons (Fsp3) is 0.350. The van der Waals surface area contributed by atoms with Gasteiger partial charge in [-0.1, -0.05) is 12.1 Å². The standard InChI is InChI=1S/C20H24N2O3/c1-15(23)20-21-18-7-3-4-8-19(18)22(20)13-5-6-14-25-17-11-9-16(24-2)10-12-17/h3-4,7-12,15,23H,5-6,13-14H2,1-2H3/t15-/m0/s1. The second-order valence-electron chi connectivity index (χ2n) is 6.02. The van der Waals surface area contributed by atoms with Gasteiger partial charge < -0.3 is 19.1 Å². The summed E-state index contributed by atoms with van der Waals surface area (Å²) in [5.41, 5.74) is 1.99. The largest absolute Gasteiger partial charge is 0.497 e. The van der Waals surface area contributed by atoms with E-state index in [0.29, 0.717) is 6.61 Å². The van der Waals surface area contributed by atoms with Crippen LogP contribution < -0.4 is 9.47 Å². The maximum atomic E-state index is 9.98. The van der Waals surface area contributed by atoms with E-state index in [1.807, 2.05) is 48.5 Å². The van der Waals surface area contributed by atoms with Gasteiger partial charge >= 0.3 is 0 Å². The maximum absolute atomic E-state index is 9.98. The molecule has 0 radical (unpaired) electrons. The minimum absolute atomic E-state index is 0.581. The number of aromatic nitrogens is 2. The van der Waals surface area contributed by atoms with Gasteiger partial charge in [-0.2, -0.15) is 0 Å². The Labute approximate surface area is 147 Å². The van der Waals surface area contributed by atoms with E-state index < -0.39 is 6.10 Å². The number of rotatable bonds is 8. The van der Waals surface area contributed by atoms with Gasteiger partial charge in [0.15, 0.2) is 0 Å². The molecule has 1 heterocycles. The van der Waals surface area contributed by atoms with Gasteiger partial charge in [0.1, 0.15) is 23.4 Å². The van der Waals surface area contributed by atoms with Crippen LogP contribution in [0.1, 0.15) is 31.7 Å². The van der Waals surface area contributed by atoms with E-state index in [1.54, 1.807) is 14.0 Å². The molecule has 0 aliphatic rings. The van der Waals surface area contributed by atoms with Crippen molar-refractivity contribution >= 4 is 11.0 Å². The number of fused-ring (bicyclic) bond motifs is 1. The number of unbranched alkanes of at least 4 members (excludes halogenated alkanes) is 1. The van der Waals surface area contributed by atoms with E-state index in [4.69, 9.17) is 9.47 Å². The molecule has 25 heavy (non-hydrogen) atoms. The highest BCUT2D eigenvalue weighted by Gasteiger charge is 2.13. The lowest BCUT2D eigenvalue weighted by molar-refractivity contribution is 0.184. The maximum Gasteiger partial charge on any atom is 0.138 e. The van der Waals surface area contributed by atoms with Crippen molar-refractivity contribution in [3.05, 3.63) is 54.4 Å². The van der Waals surface area contributed by atoms with Crippen LogP contribution in [-0.2, 0) is 6.54 Å². The van der Waals surface area contributed by atoms with Crippen molar-refractivity contribution in [3.8, 4) is 11.5 Å². The molecule has 132 valence electrons. The van der Waals surface area contributed by atoms with Crippen LogP contribution in [0.2, 0.25) is 0 Å². The van der Waals surface area contributed by atoms with Crippen molar-refractivity contribution < 1.29 is 14.6 Å². The van der Waals surface area contributed by atoms with E-state index in [2.05, 4.69) is 9.55 Å². The van der Waals surface area contributed by atoms with Crippen LogP contribution >= 0.6 is 0 Å². The highest BCUT2D eigenvalue weighted by atomic mass is 16.5. The molecular formula is C20H24N2O3. The molecule has 0 saturated carbocycles. The molecule has 0 spiro atoms. The van der Waals surface area contributed by atoms with Crippen molar-refractivity contribution in [2.75, 3.05) is 13.7 Å². The monoisotopic (exact) mass is 340 g/mol. The van der Waals surface area contributed by atoms with Crippen LogP contribution in [0.3, 0.4) is 0 Å². The molecule has 3 aromatic rings. The number of hydrogen-bond acceptors (Lipinski definition) is 4. The molecule has 2 aromatic carbocycles. The van der Waals surface area contributed by atoms with E-state index in [0.717, 1.165) is 47.7 Å². The first kappa shape index (κ1) is 17.3. The lowest BCUT2D eigenvalue weighted by atomic mass is 10.2. The molecule has 0 aliphatic carbocycles. The Morgan fingerprint density at radius 1 is 1.04 bits per heavy atom. The van der Waals surface area contributed by atoms with E-state index in [-0.39, 0.29) is 0 Å². The topological polar surface area (TPSA) is 56.5 Å². The summed E-state index contributed by atoms with van der Waals surface area (Å²) < 4.78 is 13.0. The first-order valence-electron chi connectivity index (χ1n) is 8.59. The quantitative estimate of drug-likeness (QED) is 0.631. The highest BCUT2D eigenvalue weighted by Crippen LogP contribution is 2.21. The van der Waals surface area contributed by atoms with Crippen molar-refractivity contribution in [2.24, 2.45) is 0 Å². The van der Waals surface area contributed by atoms with Crippen molar-refractivity contribution in [2.45, 2.75) is 32.4 Å². The summed E-state index contributed by atoms with van der Waals surface area (Å²) in [6.07, 6.45) is 1.30. The molecule has 1 atom stereocenters. The predicted octanol–water partition coefficient (Wildman–Crippen LogP) is 3.96. The second-order valence-corrected chi connectivity index (χ2v) is 6.02. The average Bonchev–Trinajstić information content (AvgIpc) is 3.01. The first-order chi connectivity index (χ1) is 12.2. The number of imidazole rings is 1. The van der Waals surface area contributed by atoms with Gasteiger partial charge in [-0.25, -0.2) is 4.98 Å². The van der Waals surface area contributed by atoms with Crippen LogP contribution in [0.15, 0.2) is 48.5 Å². The fourth-order valence-corrected chi connectivity index (χ4v) is 2.88. The molecule has 0 amide bonds. The van der Waals surface area contributed by atoms with Gasteiger partial charge in [-0.3, -0.25) is 0 Å². The number of aliphatic hydroxyl groups excluding tert-OH is 1. The Balaban J connectivity index is 1.55. The Bertz CT molecular complexity index is 809. The molecule has 0 aliphatic heterocycles. The SMILES string of the molecule is COc1ccc(OCCCCn2c([C@H](C)O)nc3ccccc32)cc1. The van der Waals surface area contributed by atoms with E-state index in [9.17, 15) is 5.11 Å². The number of methoxy groups -OCH3 is 1. The van der Waals surface area contributed by atoms with Crippen molar-refractivity contribution in [1.82, 2.24) is 9.55 Å². The van der Waals surface area contributed by atoms with Crippen LogP contribution in [0, 0.1) is 0 Å². The van der Waals surface area contributed by atoms with Crippen LogP contribution in [-0.4, -0.2) is 28.4 Å². The Kier molecular flexibility index (Phi) is 5.56. The fourth-order valence-electron chi connectivity index (χ4n) is 2.88. The van der Waals surface area contributed by atoms with E-state index in [1.165, 1.54) is 0 Å². The molecule has 1 N–H and O–H groups in total. The van der Waals surface area contributed by atoms with Gasteiger partial charge in [-0.05, 0) is 56.2 Å². The average molecular weight is 340 g/mol. The molecule has 3 rings (SSSR count). The highest BCUT2D eigenvalue weighted by molar-refractivity contribution is 5.75. The summed E-state index contributed by atoms with van der Waals surface area (Å²) in [4.78, 5) is 4.54. The number of aliphatic hydroxyl groups is 1. The zero-order chi connectivity index (χ0) is 17.6. The van der Waals surface area contributed by atoms with Gasteiger partial charge in [-0.15, -0.1) is 0 Å². The zero-order valence-electron chi connectivity index (χ0n) is 14.7. The minimum Gasteiger partial charge on any atom is -0.497 e. The Morgan fingerprint density at radius 3 is 2.48 bits per heavy atom. The van der Waals surface area contributed by atoms with Crippen molar-refractivity contribution in [3.63, 3.8) is 0 Å². The van der Waals surface area contributed by atoms with Crippen LogP contribution in [0.25, 0.3) is 11.0 Å². The van der Waals surface area contributed by atoms with Crippen LogP contribution in [0.5, 0.6) is 11.5 Å². The third-order valence-electron chi connectivity index (χ3n) is 4.16. The predicted molar refractivity (Wildman–Crippen MR) is 98.1 cm³/mol. The van der Waals surface area contributed by atoms with Crippen LogP contribution in [0.4, 0.5) is 0 Å². The first-order valence-corrected chi connectivity index (χ1v) is 8.59. The molecule has 0 fully saturated rings. The smallest absolute Gasteiger partial charge is 0.138 e. The number of ether oxygens (including phenoxy) is 2. The molecular weight excluding hydrogens is 316 g/mol. The third kappa shape index (κ3) is 4.12. The lowest BCUT2D eigenvalue weighted by Crippen LogP contribution is -2.08. The van der Waals surface area contributed by atoms with E-state index >= 15 is 0 Å².